The second-order valence-electron chi connectivity index (χ2n) is 17.0. The van der Waals surface area contributed by atoms with Crippen LogP contribution in [0.1, 0.15) is 58.2 Å². The minimum absolute atomic E-state index is 0.0302. The molecule has 0 aliphatic rings. The molecule has 4 aromatic carbocycles. The molecule has 1 atom stereocenters. The summed E-state index contributed by atoms with van der Waals surface area (Å²) in [4.78, 5) is 101. The van der Waals surface area contributed by atoms with E-state index in [1.165, 1.54) is 117 Å². The third kappa shape index (κ3) is 17.5. The Kier molecular flexibility index (Phi) is 21.2. The first-order valence-corrected chi connectivity index (χ1v) is 25.2. The zero-order valence-electron chi connectivity index (χ0n) is 43.4. The molecule has 0 aliphatic heterocycles. The van der Waals surface area contributed by atoms with Gasteiger partial charge < -0.3 is 52.4 Å². The average molecular weight is 1150 g/mol. The van der Waals surface area contributed by atoms with Crippen LogP contribution in [0, 0.1) is 30.3 Å². The second-order valence-corrected chi connectivity index (χ2v) is 18.8. The lowest BCUT2D eigenvalue weighted by molar-refractivity contribution is -0.763. The maximum Gasteiger partial charge on any atom is 0.510 e. The summed E-state index contributed by atoms with van der Waals surface area (Å²) < 4.78 is 76.5. The van der Waals surface area contributed by atoms with Crippen molar-refractivity contribution in [1.82, 2.24) is 19.9 Å². The summed E-state index contributed by atoms with van der Waals surface area (Å²) in [6.45, 7) is 1.43. The monoisotopic (exact) mass is 1150 g/mol. The highest BCUT2D eigenvalue weighted by Crippen LogP contribution is 2.44. The predicted molar refractivity (Wildman–Crippen MR) is 273 cm³/mol. The van der Waals surface area contributed by atoms with Gasteiger partial charge in [0, 0.05) is 17.8 Å². The summed E-state index contributed by atoms with van der Waals surface area (Å²) in [7, 11) is -3.69. The van der Waals surface area contributed by atoms with Crippen LogP contribution in [0.5, 0.6) is 23.1 Å². The quantitative estimate of drug-likeness (QED) is 0.0113. The zero-order chi connectivity index (χ0) is 58.5. The third-order valence-electron chi connectivity index (χ3n) is 10.9. The van der Waals surface area contributed by atoms with E-state index < -0.39 is 104 Å². The second kappa shape index (κ2) is 28.5. The van der Waals surface area contributed by atoms with Gasteiger partial charge >= 0.3 is 18.1 Å². The number of aromatic nitrogens is 4. The fourth-order valence-electron chi connectivity index (χ4n) is 6.93. The Morgan fingerprint density at radius 2 is 1.20 bits per heavy atom. The molecule has 0 bridgehead atoms. The van der Waals surface area contributed by atoms with E-state index in [-0.39, 0.29) is 67.3 Å². The number of sulfonamides is 1. The highest BCUT2D eigenvalue weighted by Gasteiger charge is 2.39. The van der Waals surface area contributed by atoms with Gasteiger partial charge in [-0.1, -0.05) is 62.4 Å². The molecule has 81 heavy (non-hydrogen) atoms. The van der Waals surface area contributed by atoms with Gasteiger partial charge in [-0.05, 0) is 78.2 Å². The molecule has 0 N–H and O–H groups in total. The Hall–Kier alpha value is -10.0. The molecule has 0 saturated carbocycles. The van der Waals surface area contributed by atoms with E-state index in [4.69, 9.17) is 37.9 Å². The van der Waals surface area contributed by atoms with Crippen molar-refractivity contribution in [2.45, 2.75) is 50.5 Å². The van der Waals surface area contributed by atoms with Crippen molar-refractivity contribution in [3.63, 3.8) is 0 Å². The van der Waals surface area contributed by atoms with Gasteiger partial charge in [-0.3, -0.25) is 0 Å². The Bertz CT molecular complexity index is 3250. The molecule has 1 unspecified atom stereocenters. The number of hydrogen-bond acceptors (Lipinski definition) is 26. The van der Waals surface area contributed by atoms with E-state index in [9.17, 15) is 44.7 Å². The SMILES string of the molecule is COc1ccccc1Oc1c(OCCOC(=O)c2ccc(CO[N+](=O)[O-])cc2)nc(-c2ncccn2)nc1N(C(C)OC(=O)OCCOCCO[N+](=O)[O-])S(=O)(=O)c1ccc(C(C)(C)COC(=O)c2ccc(CO[N+](=O)[O-])cc2)cc1. The smallest absolute Gasteiger partial charge is 0.493 e. The molecular weight excluding hydrogens is 1100 g/mol. The largest absolute Gasteiger partial charge is 0.510 e. The number of rotatable bonds is 31. The summed E-state index contributed by atoms with van der Waals surface area (Å²) >= 11 is 0. The fraction of sp³-hybridized carbons (Fsp3) is 0.300. The highest BCUT2D eigenvalue weighted by molar-refractivity contribution is 7.92. The van der Waals surface area contributed by atoms with Crippen LogP contribution in [-0.2, 0) is 66.8 Å². The van der Waals surface area contributed by atoms with E-state index in [0.29, 0.717) is 21.0 Å². The maximum absolute atomic E-state index is 15.4. The molecule has 0 aliphatic carbocycles. The molecular formula is C50H50N8O22S. The summed E-state index contributed by atoms with van der Waals surface area (Å²) in [5, 5.41) is 28.8. The summed E-state index contributed by atoms with van der Waals surface area (Å²) in [6.07, 6.45) is -0.607. The molecule has 428 valence electrons. The van der Waals surface area contributed by atoms with Gasteiger partial charge in [-0.25, -0.2) is 42.1 Å². The van der Waals surface area contributed by atoms with Crippen LogP contribution >= 0.6 is 0 Å². The fourth-order valence-corrected chi connectivity index (χ4v) is 8.42. The molecule has 2 heterocycles. The molecule has 0 spiro atoms. The Morgan fingerprint density at radius 3 is 1.78 bits per heavy atom. The predicted octanol–water partition coefficient (Wildman–Crippen LogP) is 6.44. The number of esters is 2. The Balaban J connectivity index is 1.37. The van der Waals surface area contributed by atoms with Crippen molar-refractivity contribution in [2.75, 3.05) is 57.7 Å². The van der Waals surface area contributed by atoms with E-state index in [1.807, 2.05) is 0 Å². The molecule has 6 aromatic rings. The summed E-state index contributed by atoms with van der Waals surface area (Å²) in [5.41, 5.74) is 0.594. The number of anilines is 1. The number of ether oxygens (including phenoxy) is 8. The molecule has 0 saturated heterocycles. The number of nitrogens with zero attached hydrogens (tertiary/aromatic N) is 8. The zero-order valence-corrected chi connectivity index (χ0v) is 44.2. The van der Waals surface area contributed by atoms with Crippen LogP contribution in [0.15, 0.2) is 120 Å². The third-order valence-corrected chi connectivity index (χ3v) is 12.8. The van der Waals surface area contributed by atoms with Crippen molar-refractivity contribution in [1.29, 1.82) is 0 Å². The van der Waals surface area contributed by atoms with Gasteiger partial charge in [0.25, 0.3) is 31.2 Å². The standard InChI is InChI=1S/C50H50N8O22S/c1-33(79-49(61)74-26-24-71-25-29-76-56(62)63)55(81(68,69)39-20-18-38(19-21-39)50(2,3)32-75-48(60)37-16-12-35(13-17-37)31-78-58(66)67)45-42(80-41-9-6-5-8-40(41)70-4)46(54-44(53-45)43-51-22-7-23-52-43)72-27-28-73-47(59)36-14-10-34(11-15-36)30-77-57(64)65/h5-23,33H,24-32H2,1-4H3. The Morgan fingerprint density at radius 1 is 0.642 bits per heavy atom. The molecule has 31 heteroatoms. The Labute approximate surface area is 459 Å². The molecule has 0 fully saturated rings. The number of benzene rings is 4. The molecule has 2 aromatic heterocycles. The van der Waals surface area contributed by atoms with Gasteiger partial charge in [0.05, 0.1) is 36.3 Å². The van der Waals surface area contributed by atoms with E-state index in [1.54, 1.807) is 26.0 Å². The maximum atomic E-state index is 15.4. The van der Waals surface area contributed by atoms with E-state index >= 15 is 8.42 Å². The normalized spacial score (nSPS) is 11.5. The molecule has 6 rings (SSSR count). The van der Waals surface area contributed by atoms with Gasteiger partial charge in [0.15, 0.2) is 29.4 Å². The van der Waals surface area contributed by atoms with Crippen molar-refractivity contribution < 1.29 is 90.5 Å². The minimum atomic E-state index is -5.04. The first-order valence-electron chi connectivity index (χ1n) is 23.8. The lowest BCUT2D eigenvalue weighted by Crippen LogP contribution is -2.42. The number of carbonyl (C=O) groups excluding carboxylic acids is 3. The van der Waals surface area contributed by atoms with Crippen molar-refractivity contribution in [3.8, 4) is 34.8 Å². The lowest BCUT2D eigenvalue weighted by Gasteiger charge is -2.31. The van der Waals surface area contributed by atoms with Gasteiger partial charge in [-0.2, -0.15) is 4.98 Å². The summed E-state index contributed by atoms with van der Waals surface area (Å²) in [6, 6.07) is 24.4. The highest BCUT2D eigenvalue weighted by atomic mass is 32.2. The van der Waals surface area contributed by atoms with Crippen molar-refractivity contribution in [2.24, 2.45) is 0 Å². The number of para-hydroxylation sites is 2. The van der Waals surface area contributed by atoms with Crippen LogP contribution in [0.25, 0.3) is 11.6 Å². The first kappa shape index (κ1) is 60.2. The van der Waals surface area contributed by atoms with Crippen LogP contribution < -0.4 is 18.5 Å². The van der Waals surface area contributed by atoms with Crippen LogP contribution in [0.4, 0.5) is 10.6 Å². The van der Waals surface area contributed by atoms with E-state index in [2.05, 4.69) is 34.4 Å². The van der Waals surface area contributed by atoms with Crippen LogP contribution in [0.3, 0.4) is 0 Å². The topological polar surface area (TPSA) is 371 Å². The van der Waals surface area contributed by atoms with Crippen molar-refractivity contribution >= 4 is 33.9 Å². The van der Waals surface area contributed by atoms with Crippen LogP contribution in [-0.4, -0.2) is 121 Å². The average Bonchev–Trinajstić information content (AvgIpc) is 3.32. The molecule has 30 nitrogen and oxygen atoms in total. The number of carbonyl (C=O) groups is 3. The molecule has 0 radical (unpaired) electrons. The van der Waals surface area contributed by atoms with Gasteiger partial charge in [0.1, 0.15) is 46.2 Å². The van der Waals surface area contributed by atoms with E-state index in [0.717, 1.165) is 0 Å². The molecule has 0 amide bonds. The van der Waals surface area contributed by atoms with Gasteiger partial charge in [-0.15, -0.1) is 30.3 Å². The van der Waals surface area contributed by atoms with Crippen molar-refractivity contribution in [3.05, 3.63) is 174 Å². The number of hydrogen-bond donors (Lipinski definition) is 0. The first-order chi connectivity index (χ1) is 38.7. The number of methoxy groups -OCH3 is 1. The minimum Gasteiger partial charge on any atom is -0.493 e. The summed E-state index contributed by atoms with van der Waals surface area (Å²) in [5.74, 6) is -3.61. The van der Waals surface area contributed by atoms with Crippen LogP contribution in [0.2, 0.25) is 0 Å². The van der Waals surface area contributed by atoms with Gasteiger partial charge in [0.2, 0.25) is 11.6 Å². The lowest BCUT2D eigenvalue weighted by atomic mass is 9.86.